The quantitative estimate of drug-likeness (QED) is 0.467. The van der Waals surface area contributed by atoms with Crippen molar-refractivity contribution in [1.29, 1.82) is 0 Å². The first-order valence-corrected chi connectivity index (χ1v) is 11.3. The molecule has 0 bridgehead atoms. The molecule has 33 heavy (non-hydrogen) atoms. The first kappa shape index (κ1) is 21.2. The number of nitrogens with two attached hydrogens (primary N) is 1. The van der Waals surface area contributed by atoms with E-state index in [0.29, 0.717) is 23.8 Å². The zero-order valence-corrected chi connectivity index (χ0v) is 18.4. The zero-order chi connectivity index (χ0) is 22.6. The predicted molar refractivity (Wildman–Crippen MR) is 128 cm³/mol. The monoisotopic (exact) mass is 441 g/mol. The second kappa shape index (κ2) is 9.42. The van der Waals surface area contributed by atoms with E-state index >= 15 is 0 Å². The number of rotatable bonds is 6. The van der Waals surface area contributed by atoms with E-state index in [2.05, 4.69) is 20.4 Å². The van der Waals surface area contributed by atoms with Crippen LogP contribution in [0.1, 0.15) is 29.1 Å². The van der Waals surface area contributed by atoms with Gasteiger partial charge in [0.05, 0.1) is 12.1 Å². The number of amides is 1. The van der Waals surface area contributed by atoms with Crippen molar-refractivity contribution in [3.8, 4) is 11.3 Å². The van der Waals surface area contributed by atoms with Gasteiger partial charge in [-0.1, -0.05) is 53.7 Å². The number of likely N-dealkylation sites (tertiary alicyclic amines) is 1. The molecule has 0 saturated carbocycles. The average Bonchev–Trinajstić information content (AvgIpc) is 3.32. The van der Waals surface area contributed by atoms with Gasteiger partial charge < -0.3 is 15.6 Å². The smallest absolute Gasteiger partial charge is 0.269 e. The molecule has 1 fully saturated rings. The van der Waals surface area contributed by atoms with E-state index in [1.165, 1.54) is 0 Å². The van der Waals surface area contributed by atoms with Gasteiger partial charge in [-0.15, -0.1) is 0 Å². The van der Waals surface area contributed by atoms with Crippen molar-refractivity contribution in [2.75, 3.05) is 25.4 Å². The SMILES string of the molecule is Nc1cc(C(=O)NCC2CCN(Cc3cc(-c4ccccc4)no3)CC2)nc2ccccc12. The molecule has 0 spiro atoms. The number of nitrogens with one attached hydrogen (secondary N) is 1. The molecule has 168 valence electrons. The minimum absolute atomic E-state index is 0.176. The summed E-state index contributed by atoms with van der Waals surface area (Å²) in [5.41, 5.74) is 9.71. The molecule has 0 unspecified atom stereocenters. The summed E-state index contributed by atoms with van der Waals surface area (Å²) < 4.78 is 5.55. The highest BCUT2D eigenvalue weighted by Gasteiger charge is 2.22. The van der Waals surface area contributed by atoms with Crippen LogP contribution in [-0.4, -0.2) is 40.6 Å². The van der Waals surface area contributed by atoms with Crippen molar-refractivity contribution in [1.82, 2.24) is 20.4 Å². The Morgan fingerprint density at radius 2 is 1.82 bits per heavy atom. The summed E-state index contributed by atoms with van der Waals surface area (Å²) in [5.74, 6) is 1.14. The van der Waals surface area contributed by atoms with Gasteiger partial charge in [-0.3, -0.25) is 9.69 Å². The molecule has 0 radical (unpaired) electrons. The molecule has 7 heteroatoms. The lowest BCUT2D eigenvalue weighted by Gasteiger charge is -2.31. The summed E-state index contributed by atoms with van der Waals surface area (Å²) in [7, 11) is 0. The number of fused-ring (bicyclic) bond motifs is 1. The second-order valence-electron chi connectivity index (χ2n) is 8.59. The fourth-order valence-corrected chi connectivity index (χ4v) is 4.35. The first-order valence-electron chi connectivity index (χ1n) is 11.3. The lowest BCUT2D eigenvalue weighted by molar-refractivity contribution is 0.0929. The third-order valence-electron chi connectivity index (χ3n) is 6.25. The van der Waals surface area contributed by atoms with Crippen molar-refractivity contribution >= 4 is 22.5 Å². The molecule has 2 aromatic heterocycles. The van der Waals surface area contributed by atoms with Crippen LogP contribution in [0.5, 0.6) is 0 Å². The molecule has 2 aromatic carbocycles. The van der Waals surface area contributed by atoms with Gasteiger partial charge in [0.2, 0.25) is 0 Å². The molecule has 0 atom stereocenters. The summed E-state index contributed by atoms with van der Waals surface area (Å²) in [6.45, 7) is 3.31. The Morgan fingerprint density at radius 3 is 2.64 bits per heavy atom. The molecule has 1 saturated heterocycles. The van der Waals surface area contributed by atoms with Gasteiger partial charge in [-0.2, -0.15) is 0 Å². The van der Waals surface area contributed by atoms with Crippen molar-refractivity contribution < 1.29 is 9.32 Å². The average molecular weight is 442 g/mol. The van der Waals surface area contributed by atoms with Crippen molar-refractivity contribution in [2.45, 2.75) is 19.4 Å². The normalized spacial score (nSPS) is 15.0. The minimum atomic E-state index is -0.176. The fraction of sp³-hybridized carbons (Fsp3) is 0.269. The molecule has 1 amide bonds. The number of benzene rings is 2. The number of pyridine rings is 1. The Hall–Kier alpha value is -3.71. The van der Waals surface area contributed by atoms with Crippen molar-refractivity contribution in [3.05, 3.63) is 78.2 Å². The first-order chi connectivity index (χ1) is 16.2. The van der Waals surface area contributed by atoms with Crippen LogP contribution in [0.3, 0.4) is 0 Å². The number of hydrogen-bond acceptors (Lipinski definition) is 6. The van der Waals surface area contributed by atoms with Gasteiger partial charge in [-0.05, 0) is 44.0 Å². The van der Waals surface area contributed by atoms with Gasteiger partial charge >= 0.3 is 0 Å². The highest BCUT2D eigenvalue weighted by atomic mass is 16.5. The number of anilines is 1. The summed E-state index contributed by atoms with van der Waals surface area (Å²) in [6, 6.07) is 21.3. The minimum Gasteiger partial charge on any atom is -0.398 e. The molecule has 1 aliphatic rings. The van der Waals surface area contributed by atoms with Gasteiger partial charge in [0.1, 0.15) is 11.4 Å². The number of para-hydroxylation sites is 1. The van der Waals surface area contributed by atoms with E-state index in [4.69, 9.17) is 10.3 Å². The Labute approximate surface area is 192 Å². The summed E-state index contributed by atoms with van der Waals surface area (Å²) in [4.78, 5) is 19.5. The summed E-state index contributed by atoms with van der Waals surface area (Å²) >= 11 is 0. The number of hydrogen-bond donors (Lipinski definition) is 2. The van der Waals surface area contributed by atoms with Gasteiger partial charge in [0, 0.05) is 29.2 Å². The van der Waals surface area contributed by atoms with E-state index in [1.807, 2.05) is 60.7 Å². The number of nitrogens with zero attached hydrogens (tertiary/aromatic N) is 3. The maximum absolute atomic E-state index is 12.6. The maximum atomic E-state index is 12.6. The van der Waals surface area contributed by atoms with E-state index in [-0.39, 0.29) is 5.91 Å². The Kier molecular flexibility index (Phi) is 6.04. The summed E-state index contributed by atoms with van der Waals surface area (Å²) in [5, 5.41) is 8.11. The number of nitrogen functional groups attached to an aromatic ring is 1. The van der Waals surface area contributed by atoms with E-state index in [9.17, 15) is 4.79 Å². The Balaban J connectivity index is 1.11. The molecule has 3 heterocycles. The zero-order valence-electron chi connectivity index (χ0n) is 18.4. The Bertz CT molecular complexity index is 1250. The van der Waals surface area contributed by atoms with E-state index in [1.54, 1.807) is 6.07 Å². The number of carbonyl (C=O) groups is 1. The predicted octanol–water partition coefficient (Wildman–Crippen LogP) is 4.11. The third kappa shape index (κ3) is 4.88. The largest absolute Gasteiger partial charge is 0.398 e. The topological polar surface area (TPSA) is 97.3 Å². The van der Waals surface area contributed by atoms with Gasteiger partial charge in [-0.25, -0.2) is 4.98 Å². The van der Waals surface area contributed by atoms with Crippen molar-refractivity contribution in [3.63, 3.8) is 0 Å². The third-order valence-corrected chi connectivity index (χ3v) is 6.25. The van der Waals surface area contributed by atoms with Crippen LogP contribution in [-0.2, 0) is 6.54 Å². The second-order valence-corrected chi connectivity index (χ2v) is 8.59. The molecular formula is C26H27N5O2. The lowest BCUT2D eigenvalue weighted by atomic mass is 9.96. The maximum Gasteiger partial charge on any atom is 0.269 e. The van der Waals surface area contributed by atoms with Crippen LogP contribution < -0.4 is 11.1 Å². The molecule has 3 N–H and O–H groups in total. The number of carbonyl (C=O) groups excluding carboxylic acids is 1. The molecule has 5 rings (SSSR count). The molecule has 0 aliphatic carbocycles. The Morgan fingerprint density at radius 1 is 1.06 bits per heavy atom. The fourth-order valence-electron chi connectivity index (χ4n) is 4.35. The van der Waals surface area contributed by atoms with Crippen molar-refractivity contribution in [2.24, 2.45) is 5.92 Å². The van der Waals surface area contributed by atoms with E-state index in [0.717, 1.165) is 60.4 Å². The van der Waals surface area contributed by atoms with Crippen LogP contribution >= 0.6 is 0 Å². The van der Waals surface area contributed by atoms with Crippen LogP contribution in [0.15, 0.2) is 71.3 Å². The number of piperidine rings is 1. The van der Waals surface area contributed by atoms with Crippen LogP contribution in [0.2, 0.25) is 0 Å². The van der Waals surface area contributed by atoms with Crippen LogP contribution in [0.4, 0.5) is 5.69 Å². The van der Waals surface area contributed by atoms with Crippen LogP contribution in [0, 0.1) is 5.92 Å². The van der Waals surface area contributed by atoms with Crippen LogP contribution in [0.25, 0.3) is 22.2 Å². The highest BCUT2D eigenvalue weighted by Crippen LogP contribution is 2.23. The number of aromatic nitrogens is 2. The standard InChI is InChI=1S/C26H27N5O2/c27-22-15-25(29-23-9-5-4-8-21(22)23)26(32)28-16-18-10-12-31(13-11-18)17-20-14-24(30-33-20)19-6-2-1-3-7-19/h1-9,14-15,18H,10-13,16-17H2,(H2,27,29)(H,28,32). The summed E-state index contributed by atoms with van der Waals surface area (Å²) in [6.07, 6.45) is 2.04. The molecule has 4 aromatic rings. The van der Waals surface area contributed by atoms with Gasteiger partial charge in [0.25, 0.3) is 5.91 Å². The molecule has 7 nitrogen and oxygen atoms in total. The highest BCUT2D eigenvalue weighted by molar-refractivity contribution is 5.99. The van der Waals surface area contributed by atoms with Gasteiger partial charge in [0.15, 0.2) is 5.76 Å². The molecule has 1 aliphatic heterocycles. The lowest BCUT2D eigenvalue weighted by Crippen LogP contribution is -2.38. The van der Waals surface area contributed by atoms with E-state index < -0.39 is 0 Å². The molecular weight excluding hydrogens is 414 g/mol.